The van der Waals surface area contributed by atoms with Crippen LogP contribution in [-0.4, -0.2) is 52.5 Å². The van der Waals surface area contributed by atoms with Gasteiger partial charge in [-0.15, -0.1) is 0 Å². The third kappa shape index (κ3) is 3.95. The van der Waals surface area contributed by atoms with Crippen LogP contribution in [-0.2, 0) is 19.1 Å². The lowest BCUT2D eigenvalue weighted by Crippen LogP contribution is -2.58. The van der Waals surface area contributed by atoms with E-state index in [4.69, 9.17) is 16.3 Å². The minimum atomic E-state index is -1.10. The number of carbonyl (C=O) groups is 3. The van der Waals surface area contributed by atoms with Crippen LogP contribution in [0.15, 0.2) is 36.4 Å². The summed E-state index contributed by atoms with van der Waals surface area (Å²) in [6.07, 6.45) is 13.6. The summed E-state index contributed by atoms with van der Waals surface area (Å²) in [4.78, 5) is 43.4. The largest absolute Gasteiger partial charge is 0.359 e. The van der Waals surface area contributed by atoms with Crippen LogP contribution in [0, 0.1) is 11.8 Å². The molecule has 2 saturated heterocycles. The first-order chi connectivity index (χ1) is 17.5. The predicted octanol–water partition coefficient (Wildman–Crippen LogP) is 4.21. The van der Waals surface area contributed by atoms with Crippen molar-refractivity contribution in [1.29, 1.82) is 0 Å². The zero-order chi connectivity index (χ0) is 24.9. The molecular formula is C28H34ClN3O4. The van der Waals surface area contributed by atoms with Crippen LogP contribution in [0.2, 0.25) is 5.02 Å². The number of fused-ring (bicyclic) bond motifs is 1. The molecule has 2 aliphatic carbocycles. The molecule has 0 radical (unpaired) electrons. The van der Waals surface area contributed by atoms with Crippen molar-refractivity contribution in [3.8, 4) is 0 Å². The van der Waals surface area contributed by atoms with Crippen molar-refractivity contribution in [3.05, 3.63) is 41.4 Å². The molecule has 7 nitrogen and oxygen atoms in total. The monoisotopic (exact) mass is 511 g/mol. The SMILES string of the molecule is O=C(Nc1ccc(Cl)cc1)C1[C@H]2C=CC3(O2)C(C(=O)NC2CCCCC2)N(C2CCCCC2)C(=O)[C@@H]13. The molecule has 5 atom stereocenters. The number of rotatable bonds is 5. The van der Waals surface area contributed by atoms with Gasteiger partial charge in [-0.25, -0.2) is 0 Å². The van der Waals surface area contributed by atoms with E-state index in [0.717, 1.165) is 57.8 Å². The van der Waals surface area contributed by atoms with Gasteiger partial charge in [-0.1, -0.05) is 62.3 Å². The summed E-state index contributed by atoms with van der Waals surface area (Å²) in [5.74, 6) is -1.90. The van der Waals surface area contributed by atoms with E-state index in [1.54, 1.807) is 24.3 Å². The Morgan fingerprint density at radius 2 is 1.61 bits per heavy atom. The van der Waals surface area contributed by atoms with Crippen LogP contribution in [0.5, 0.6) is 0 Å². The van der Waals surface area contributed by atoms with Crippen LogP contribution in [0.4, 0.5) is 5.69 Å². The minimum Gasteiger partial charge on any atom is -0.359 e. The average Bonchev–Trinajstić information content (AvgIpc) is 3.54. The van der Waals surface area contributed by atoms with Gasteiger partial charge in [-0.3, -0.25) is 14.4 Å². The molecular weight excluding hydrogens is 478 g/mol. The van der Waals surface area contributed by atoms with Gasteiger partial charge >= 0.3 is 0 Å². The molecule has 2 saturated carbocycles. The molecule has 2 bridgehead atoms. The number of carbonyl (C=O) groups excluding carboxylic acids is 3. The highest BCUT2D eigenvalue weighted by molar-refractivity contribution is 6.30. The number of nitrogens with zero attached hydrogens (tertiary/aromatic N) is 1. The molecule has 3 aliphatic heterocycles. The Kier molecular flexibility index (Phi) is 6.32. The van der Waals surface area contributed by atoms with Crippen molar-refractivity contribution in [1.82, 2.24) is 10.2 Å². The standard InChI is InChI=1S/C28H34ClN3O4/c29-17-11-13-19(14-12-17)30-25(33)22-21-15-16-28(36-21)23(22)27(35)32(20-9-5-2-6-10-20)24(28)26(34)31-18-7-3-1-4-8-18/h11-16,18,20-24H,1-10H2,(H,30,33)(H,31,34)/t21-,22?,23-,24?,28?/m1/s1. The van der Waals surface area contributed by atoms with Crippen LogP contribution >= 0.6 is 11.6 Å². The van der Waals surface area contributed by atoms with Crippen LogP contribution in [0.3, 0.4) is 0 Å². The molecule has 8 heteroatoms. The fourth-order valence-corrected chi connectivity index (χ4v) is 7.37. The van der Waals surface area contributed by atoms with Crippen molar-refractivity contribution in [2.45, 2.75) is 94.0 Å². The topological polar surface area (TPSA) is 87.7 Å². The summed E-state index contributed by atoms with van der Waals surface area (Å²) < 4.78 is 6.47. The Balaban J connectivity index is 1.31. The molecule has 3 heterocycles. The van der Waals surface area contributed by atoms with Crippen molar-refractivity contribution < 1.29 is 19.1 Å². The zero-order valence-corrected chi connectivity index (χ0v) is 21.2. The molecule has 5 aliphatic rings. The maximum Gasteiger partial charge on any atom is 0.246 e. The summed E-state index contributed by atoms with van der Waals surface area (Å²) in [6, 6.07) is 6.31. The fourth-order valence-electron chi connectivity index (χ4n) is 7.24. The van der Waals surface area contributed by atoms with Gasteiger partial charge in [0.15, 0.2) is 0 Å². The highest BCUT2D eigenvalue weighted by Gasteiger charge is 2.73. The van der Waals surface area contributed by atoms with E-state index in [1.807, 2.05) is 17.1 Å². The lowest BCUT2D eigenvalue weighted by molar-refractivity contribution is -0.144. The highest BCUT2D eigenvalue weighted by atomic mass is 35.5. The van der Waals surface area contributed by atoms with E-state index in [0.29, 0.717) is 10.7 Å². The number of amides is 3. The first-order valence-electron chi connectivity index (χ1n) is 13.5. The van der Waals surface area contributed by atoms with E-state index < -0.39 is 29.6 Å². The summed E-state index contributed by atoms with van der Waals surface area (Å²) in [6.45, 7) is 0. The predicted molar refractivity (Wildman–Crippen MR) is 136 cm³/mol. The molecule has 2 N–H and O–H groups in total. The van der Waals surface area contributed by atoms with E-state index in [1.165, 1.54) is 6.42 Å². The van der Waals surface area contributed by atoms with Gasteiger partial charge in [0, 0.05) is 22.8 Å². The molecule has 3 unspecified atom stereocenters. The third-order valence-electron chi connectivity index (χ3n) is 8.89. The highest BCUT2D eigenvalue weighted by Crippen LogP contribution is 2.56. The number of halogens is 1. The van der Waals surface area contributed by atoms with Crippen molar-refractivity contribution >= 4 is 35.0 Å². The Hall–Kier alpha value is -2.38. The lowest BCUT2D eigenvalue weighted by Gasteiger charge is -2.39. The zero-order valence-electron chi connectivity index (χ0n) is 20.5. The first-order valence-corrected chi connectivity index (χ1v) is 13.9. The Labute approximate surface area is 217 Å². The van der Waals surface area contributed by atoms with Crippen LogP contribution in [0.1, 0.15) is 64.2 Å². The fraction of sp³-hybridized carbons (Fsp3) is 0.607. The number of likely N-dealkylation sites (tertiary alicyclic amines) is 1. The van der Waals surface area contributed by atoms with Crippen LogP contribution < -0.4 is 10.6 Å². The lowest BCUT2D eigenvalue weighted by atomic mass is 9.74. The maximum absolute atomic E-state index is 14.1. The summed E-state index contributed by atoms with van der Waals surface area (Å²) in [5.41, 5.74) is -0.480. The molecule has 0 aromatic heterocycles. The summed E-state index contributed by atoms with van der Waals surface area (Å²) >= 11 is 5.99. The Morgan fingerprint density at radius 1 is 0.944 bits per heavy atom. The van der Waals surface area contributed by atoms with Crippen molar-refractivity contribution in [2.24, 2.45) is 11.8 Å². The smallest absolute Gasteiger partial charge is 0.246 e. The van der Waals surface area contributed by atoms with E-state index >= 15 is 0 Å². The summed E-state index contributed by atoms with van der Waals surface area (Å²) in [7, 11) is 0. The van der Waals surface area contributed by atoms with E-state index in [-0.39, 0.29) is 29.8 Å². The van der Waals surface area contributed by atoms with Crippen LogP contribution in [0.25, 0.3) is 0 Å². The molecule has 6 rings (SSSR count). The van der Waals surface area contributed by atoms with Crippen molar-refractivity contribution in [2.75, 3.05) is 5.32 Å². The number of hydrogen-bond acceptors (Lipinski definition) is 4. The summed E-state index contributed by atoms with van der Waals surface area (Å²) in [5, 5.41) is 6.80. The van der Waals surface area contributed by atoms with Crippen molar-refractivity contribution in [3.63, 3.8) is 0 Å². The van der Waals surface area contributed by atoms with Gasteiger partial charge in [-0.2, -0.15) is 0 Å². The molecule has 36 heavy (non-hydrogen) atoms. The number of ether oxygens (including phenoxy) is 1. The molecule has 1 spiro atoms. The molecule has 1 aromatic rings. The Morgan fingerprint density at radius 3 is 2.31 bits per heavy atom. The first kappa shape index (κ1) is 24.0. The molecule has 1 aromatic carbocycles. The van der Waals surface area contributed by atoms with Gasteiger partial charge in [0.25, 0.3) is 0 Å². The van der Waals surface area contributed by atoms with Gasteiger partial charge in [0.1, 0.15) is 11.6 Å². The Bertz CT molecular complexity index is 1060. The second kappa shape index (κ2) is 9.49. The number of benzene rings is 1. The second-order valence-corrected chi connectivity index (χ2v) is 11.5. The van der Waals surface area contributed by atoms with Gasteiger partial charge < -0.3 is 20.3 Å². The maximum atomic E-state index is 14.1. The number of anilines is 1. The third-order valence-corrected chi connectivity index (χ3v) is 9.15. The molecule has 4 fully saturated rings. The van der Waals surface area contributed by atoms with Gasteiger partial charge in [0.2, 0.25) is 17.7 Å². The second-order valence-electron chi connectivity index (χ2n) is 11.1. The number of nitrogens with one attached hydrogen (secondary N) is 2. The van der Waals surface area contributed by atoms with E-state index in [2.05, 4.69) is 10.6 Å². The normalized spacial score (nSPS) is 34.1. The van der Waals surface area contributed by atoms with Gasteiger partial charge in [0.05, 0.1) is 17.9 Å². The quantitative estimate of drug-likeness (QED) is 0.580. The van der Waals surface area contributed by atoms with E-state index in [9.17, 15) is 14.4 Å². The minimum absolute atomic E-state index is 0.00403. The molecule has 3 amide bonds. The van der Waals surface area contributed by atoms with Gasteiger partial charge in [-0.05, 0) is 49.9 Å². The number of hydrogen-bond donors (Lipinski definition) is 2. The molecule has 192 valence electrons. The average molecular weight is 512 g/mol.